The molecular formula is C56H38N2. The monoisotopic (exact) mass is 738 g/mol. The van der Waals surface area contributed by atoms with Gasteiger partial charge in [0.2, 0.25) is 0 Å². The third-order valence-electron chi connectivity index (χ3n) is 11.5. The Morgan fingerprint density at radius 3 is 1.52 bits per heavy atom. The molecule has 0 saturated heterocycles. The van der Waals surface area contributed by atoms with Crippen LogP contribution in [0.5, 0.6) is 0 Å². The second-order valence-electron chi connectivity index (χ2n) is 15.0. The number of rotatable bonds is 7. The summed E-state index contributed by atoms with van der Waals surface area (Å²) < 4.78 is 2.39. The zero-order valence-corrected chi connectivity index (χ0v) is 31.8. The molecule has 272 valence electrons. The van der Waals surface area contributed by atoms with Crippen LogP contribution in [0.3, 0.4) is 0 Å². The van der Waals surface area contributed by atoms with Gasteiger partial charge in [-0.3, -0.25) is 0 Å². The summed E-state index contributed by atoms with van der Waals surface area (Å²) in [5.74, 6) is 0. The van der Waals surface area contributed by atoms with Crippen molar-refractivity contribution in [3.05, 3.63) is 231 Å². The van der Waals surface area contributed by atoms with Crippen molar-refractivity contribution in [2.24, 2.45) is 0 Å². The number of hydrogen-bond donors (Lipinski definition) is 0. The fourth-order valence-corrected chi connectivity index (χ4v) is 8.68. The Morgan fingerprint density at radius 2 is 0.776 bits per heavy atom. The smallest absolute Gasteiger partial charge is 0.0562 e. The summed E-state index contributed by atoms with van der Waals surface area (Å²) in [6.45, 7) is 0. The van der Waals surface area contributed by atoms with Crippen molar-refractivity contribution in [3.8, 4) is 39.1 Å². The second-order valence-corrected chi connectivity index (χ2v) is 15.0. The minimum Gasteiger partial charge on any atom is -0.310 e. The van der Waals surface area contributed by atoms with Gasteiger partial charge in [0.1, 0.15) is 0 Å². The maximum Gasteiger partial charge on any atom is 0.0562 e. The average molecular weight is 739 g/mol. The molecular weight excluding hydrogens is 701 g/mol. The Balaban J connectivity index is 1.02. The van der Waals surface area contributed by atoms with Crippen LogP contribution in [0.15, 0.2) is 231 Å². The van der Waals surface area contributed by atoms with E-state index in [1.54, 1.807) is 0 Å². The number of anilines is 3. The molecule has 0 radical (unpaired) electrons. The molecule has 0 aliphatic heterocycles. The molecule has 0 fully saturated rings. The van der Waals surface area contributed by atoms with E-state index in [4.69, 9.17) is 0 Å². The second kappa shape index (κ2) is 14.1. The largest absolute Gasteiger partial charge is 0.310 e. The number of fused-ring (bicyclic) bond motifs is 5. The molecule has 0 aliphatic rings. The fraction of sp³-hybridized carbons (Fsp3) is 0. The van der Waals surface area contributed by atoms with Gasteiger partial charge in [0.15, 0.2) is 0 Å². The van der Waals surface area contributed by atoms with Gasteiger partial charge in [-0.25, -0.2) is 0 Å². The molecule has 0 spiro atoms. The van der Waals surface area contributed by atoms with Crippen LogP contribution >= 0.6 is 0 Å². The van der Waals surface area contributed by atoms with Gasteiger partial charge in [-0.1, -0.05) is 164 Å². The van der Waals surface area contributed by atoms with Gasteiger partial charge in [0.25, 0.3) is 0 Å². The van der Waals surface area contributed by atoms with E-state index in [9.17, 15) is 0 Å². The molecule has 2 heteroatoms. The van der Waals surface area contributed by atoms with Crippen molar-refractivity contribution in [1.29, 1.82) is 0 Å². The Labute approximate surface area is 338 Å². The zero-order chi connectivity index (χ0) is 38.4. The zero-order valence-electron chi connectivity index (χ0n) is 31.8. The lowest BCUT2D eigenvalue weighted by molar-refractivity contribution is 1.18. The van der Waals surface area contributed by atoms with E-state index in [2.05, 4.69) is 240 Å². The Bertz CT molecular complexity index is 3250. The van der Waals surface area contributed by atoms with E-state index in [1.807, 2.05) is 0 Å². The molecule has 1 heterocycles. The van der Waals surface area contributed by atoms with Crippen molar-refractivity contribution in [2.75, 3.05) is 4.90 Å². The molecule has 0 aliphatic carbocycles. The van der Waals surface area contributed by atoms with Crippen molar-refractivity contribution >= 4 is 60.4 Å². The van der Waals surface area contributed by atoms with Crippen LogP contribution < -0.4 is 4.90 Å². The van der Waals surface area contributed by atoms with Gasteiger partial charge in [0.05, 0.1) is 16.7 Å². The first-order valence-corrected chi connectivity index (χ1v) is 19.9. The van der Waals surface area contributed by atoms with Gasteiger partial charge < -0.3 is 9.47 Å². The Kier molecular flexibility index (Phi) is 8.19. The molecule has 0 atom stereocenters. The maximum atomic E-state index is 2.43. The summed E-state index contributed by atoms with van der Waals surface area (Å²) in [7, 11) is 0. The van der Waals surface area contributed by atoms with Gasteiger partial charge in [-0.15, -0.1) is 0 Å². The fourth-order valence-electron chi connectivity index (χ4n) is 8.68. The van der Waals surface area contributed by atoms with E-state index in [1.165, 1.54) is 76.7 Å². The Morgan fingerprint density at radius 1 is 0.293 bits per heavy atom. The summed E-state index contributed by atoms with van der Waals surface area (Å²) in [5.41, 5.74) is 14.1. The van der Waals surface area contributed by atoms with Crippen molar-refractivity contribution in [3.63, 3.8) is 0 Å². The summed E-state index contributed by atoms with van der Waals surface area (Å²) >= 11 is 0. The first-order chi connectivity index (χ1) is 28.7. The van der Waals surface area contributed by atoms with E-state index < -0.39 is 0 Å². The van der Waals surface area contributed by atoms with Gasteiger partial charge in [-0.05, 0) is 122 Å². The topological polar surface area (TPSA) is 8.17 Å². The van der Waals surface area contributed by atoms with Gasteiger partial charge >= 0.3 is 0 Å². The summed E-state index contributed by atoms with van der Waals surface area (Å²) in [5, 5.41) is 7.36. The lowest BCUT2D eigenvalue weighted by atomic mass is 9.97. The van der Waals surface area contributed by atoms with Crippen LogP contribution in [-0.4, -0.2) is 4.57 Å². The van der Waals surface area contributed by atoms with Crippen LogP contribution in [0.4, 0.5) is 17.1 Å². The molecule has 58 heavy (non-hydrogen) atoms. The van der Waals surface area contributed by atoms with Crippen LogP contribution in [0, 0.1) is 0 Å². The highest BCUT2D eigenvalue weighted by atomic mass is 15.1. The van der Waals surface area contributed by atoms with Crippen molar-refractivity contribution in [1.82, 2.24) is 4.57 Å². The summed E-state index contributed by atoms with van der Waals surface area (Å²) in [6, 6.07) is 83.7. The van der Waals surface area contributed by atoms with E-state index in [0.717, 1.165) is 22.7 Å². The first-order valence-electron chi connectivity index (χ1n) is 19.9. The maximum absolute atomic E-state index is 2.43. The highest BCUT2D eigenvalue weighted by molar-refractivity contribution is 6.16. The molecule has 2 nitrogen and oxygen atoms in total. The van der Waals surface area contributed by atoms with E-state index in [-0.39, 0.29) is 0 Å². The molecule has 0 saturated carbocycles. The van der Waals surface area contributed by atoms with E-state index >= 15 is 0 Å². The molecule has 0 N–H and O–H groups in total. The molecule has 0 bridgehead atoms. The molecule has 0 amide bonds. The van der Waals surface area contributed by atoms with Gasteiger partial charge in [0, 0.05) is 27.8 Å². The van der Waals surface area contributed by atoms with Gasteiger partial charge in [-0.2, -0.15) is 0 Å². The third-order valence-corrected chi connectivity index (χ3v) is 11.5. The predicted molar refractivity (Wildman–Crippen MR) is 247 cm³/mol. The lowest BCUT2D eigenvalue weighted by Crippen LogP contribution is -2.10. The van der Waals surface area contributed by atoms with Crippen LogP contribution in [-0.2, 0) is 0 Å². The minimum atomic E-state index is 1.10. The molecule has 0 unspecified atom stereocenters. The molecule has 10 aromatic carbocycles. The summed E-state index contributed by atoms with van der Waals surface area (Å²) in [6.07, 6.45) is 0. The molecule has 11 aromatic rings. The van der Waals surface area contributed by atoms with Crippen LogP contribution in [0.1, 0.15) is 0 Å². The Hall–Kier alpha value is -7.68. The highest BCUT2D eigenvalue weighted by Gasteiger charge is 2.21. The van der Waals surface area contributed by atoms with Crippen LogP contribution in [0.2, 0.25) is 0 Å². The highest BCUT2D eigenvalue weighted by Crippen LogP contribution is 2.45. The van der Waals surface area contributed by atoms with Crippen LogP contribution in [0.25, 0.3) is 82.4 Å². The molecule has 1 aromatic heterocycles. The lowest BCUT2D eigenvalue weighted by Gasteiger charge is -2.27. The molecule has 11 rings (SSSR count). The number of para-hydroxylation sites is 2. The number of benzene rings is 10. The van der Waals surface area contributed by atoms with Crippen molar-refractivity contribution in [2.45, 2.75) is 0 Å². The minimum absolute atomic E-state index is 1.10. The number of hydrogen-bond acceptors (Lipinski definition) is 1. The quantitative estimate of drug-likeness (QED) is 0.158. The SMILES string of the molecule is c1ccc(-c2ccc(N(c3ccc4cc(-c5ccc(-c6ccc7ccccc7c6)cc5)ccc4c3)c3cccc4c3c3ccccc3n4-c3ccccc3)cc2)cc1. The number of nitrogens with zero attached hydrogens (tertiary/aromatic N) is 2. The predicted octanol–water partition coefficient (Wildman–Crippen LogP) is 15.6. The average Bonchev–Trinajstić information content (AvgIpc) is 3.65. The standard InChI is InChI=1S/C56H38N2/c1-3-12-39(13-4-1)41-30-33-50(34-31-41)57(54-20-11-21-55-56(54)52-18-9-10-19-53(52)58(55)49-16-5-2-6-17-49)51-35-32-47-37-46(28-29-48(47)38-51)43-24-22-42(23-25-43)45-27-26-40-14-7-8-15-44(40)36-45/h1-38H. The summed E-state index contributed by atoms with van der Waals surface area (Å²) in [4.78, 5) is 2.43. The third kappa shape index (κ3) is 5.91. The van der Waals surface area contributed by atoms with E-state index in [0.29, 0.717) is 0 Å². The normalized spacial score (nSPS) is 11.4. The van der Waals surface area contributed by atoms with Crippen molar-refractivity contribution < 1.29 is 0 Å². The first kappa shape index (κ1) is 33.6. The number of aromatic nitrogens is 1.